The molecule has 1 aromatic carbocycles. The number of carbonyl (C=O) groups excluding carboxylic acids is 2. The molecule has 1 aromatic heterocycles. The number of anilines is 1. The number of nitrogens with one attached hydrogen (secondary N) is 2. The molecule has 4 N–H and O–H groups in total. The van der Waals surface area contributed by atoms with Gasteiger partial charge in [-0.3, -0.25) is 9.59 Å². The van der Waals surface area contributed by atoms with E-state index in [-0.39, 0.29) is 5.91 Å². The summed E-state index contributed by atoms with van der Waals surface area (Å²) in [6.45, 7) is 0. The van der Waals surface area contributed by atoms with Crippen LogP contribution in [0.15, 0.2) is 36.8 Å². The van der Waals surface area contributed by atoms with Gasteiger partial charge in [0, 0.05) is 11.3 Å². The van der Waals surface area contributed by atoms with Crippen LogP contribution in [-0.4, -0.2) is 21.8 Å². The highest BCUT2D eigenvalue weighted by atomic mass is 16.2. The summed E-state index contributed by atoms with van der Waals surface area (Å²) in [4.78, 5) is 28.9. The molecule has 86 valence electrons. The van der Waals surface area contributed by atoms with Crippen LogP contribution >= 0.6 is 0 Å². The number of amides is 2. The fourth-order valence-corrected chi connectivity index (χ4v) is 1.30. The quantitative estimate of drug-likeness (QED) is 0.725. The number of imidazole rings is 1. The number of aromatic amines is 1. The number of hydrogen-bond acceptors (Lipinski definition) is 3. The first-order chi connectivity index (χ1) is 8.16. The maximum Gasteiger partial charge on any atom is 0.273 e. The van der Waals surface area contributed by atoms with Gasteiger partial charge in [-0.25, -0.2) is 4.98 Å². The van der Waals surface area contributed by atoms with E-state index in [0.29, 0.717) is 16.9 Å². The Balaban J connectivity index is 2.09. The lowest BCUT2D eigenvalue weighted by molar-refractivity contribution is 0.0998. The minimum Gasteiger partial charge on any atom is -0.366 e. The molecule has 2 aromatic rings. The van der Waals surface area contributed by atoms with Crippen LogP contribution in [0.2, 0.25) is 0 Å². The van der Waals surface area contributed by atoms with E-state index in [2.05, 4.69) is 15.3 Å². The highest BCUT2D eigenvalue weighted by molar-refractivity contribution is 6.03. The van der Waals surface area contributed by atoms with Crippen LogP contribution in [0.3, 0.4) is 0 Å². The van der Waals surface area contributed by atoms with Crippen LogP contribution in [0.1, 0.15) is 20.8 Å². The Kier molecular flexibility index (Phi) is 2.87. The topological polar surface area (TPSA) is 101 Å². The maximum absolute atomic E-state index is 11.6. The van der Waals surface area contributed by atoms with E-state index >= 15 is 0 Å². The summed E-state index contributed by atoms with van der Waals surface area (Å²) in [5.41, 5.74) is 6.44. The number of primary amides is 1. The third kappa shape index (κ3) is 2.49. The Morgan fingerprint density at radius 2 is 1.94 bits per heavy atom. The number of benzene rings is 1. The summed E-state index contributed by atoms with van der Waals surface area (Å²) in [6, 6.07) is 6.30. The van der Waals surface area contributed by atoms with Gasteiger partial charge >= 0.3 is 0 Å². The highest BCUT2D eigenvalue weighted by Gasteiger charge is 2.07. The molecule has 2 amide bonds. The number of aromatic nitrogens is 2. The van der Waals surface area contributed by atoms with E-state index < -0.39 is 5.91 Å². The molecule has 6 heteroatoms. The molecule has 0 unspecified atom stereocenters. The maximum atomic E-state index is 11.6. The SMILES string of the molecule is NC(=O)c1ccc(NC(=O)c2cnc[nH]2)cc1. The van der Waals surface area contributed by atoms with Crippen LogP contribution in [0, 0.1) is 0 Å². The van der Waals surface area contributed by atoms with Gasteiger partial charge in [0.05, 0.1) is 12.5 Å². The lowest BCUT2D eigenvalue weighted by atomic mass is 10.2. The number of hydrogen-bond donors (Lipinski definition) is 3. The van der Waals surface area contributed by atoms with Gasteiger partial charge in [-0.15, -0.1) is 0 Å². The highest BCUT2D eigenvalue weighted by Crippen LogP contribution is 2.10. The first-order valence-corrected chi connectivity index (χ1v) is 4.86. The van der Waals surface area contributed by atoms with Gasteiger partial charge in [-0.05, 0) is 24.3 Å². The van der Waals surface area contributed by atoms with Gasteiger partial charge in [0.15, 0.2) is 0 Å². The molecule has 0 saturated carbocycles. The van der Waals surface area contributed by atoms with Gasteiger partial charge in [0.2, 0.25) is 5.91 Å². The first-order valence-electron chi connectivity index (χ1n) is 4.86. The van der Waals surface area contributed by atoms with E-state index in [0.717, 1.165) is 0 Å². The van der Waals surface area contributed by atoms with Crippen LogP contribution in [0.4, 0.5) is 5.69 Å². The van der Waals surface area contributed by atoms with Crippen molar-refractivity contribution in [2.24, 2.45) is 5.73 Å². The fourth-order valence-electron chi connectivity index (χ4n) is 1.30. The summed E-state index contributed by atoms with van der Waals surface area (Å²) in [5, 5.41) is 2.65. The zero-order valence-electron chi connectivity index (χ0n) is 8.81. The number of rotatable bonds is 3. The van der Waals surface area contributed by atoms with Crippen molar-refractivity contribution in [1.29, 1.82) is 0 Å². The van der Waals surface area contributed by atoms with Gasteiger partial charge < -0.3 is 16.0 Å². The van der Waals surface area contributed by atoms with Crippen molar-refractivity contribution in [2.45, 2.75) is 0 Å². The molecule has 1 heterocycles. The average molecular weight is 230 g/mol. The van der Waals surface area contributed by atoms with Crippen molar-refractivity contribution in [3.63, 3.8) is 0 Å². The van der Waals surface area contributed by atoms with Crippen LogP contribution in [0.5, 0.6) is 0 Å². The molecule has 17 heavy (non-hydrogen) atoms. The zero-order chi connectivity index (χ0) is 12.3. The predicted molar refractivity (Wildman–Crippen MR) is 61.5 cm³/mol. The molecular formula is C11H10N4O2. The van der Waals surface area contributed by atoms with Crippen LogP contribution < -0.4 is 11.1 Å². The second kappa shape index (κ2) is 4.48. The Morgan fingerprint density at radius 1 is 1.24 bits per heavy atom. The van der Waals surface area contributed by atoms with E-state index in [4.69, 9.17) is 5.73 Å². The number of nitrogens with two attached hydrogens (primary N) is 1. The standard InChI is InChI=1S/C11H10N4O2/c12-10(16)7-1-3-8(4-2-7)15-11(17)9-5-13-6-14-9/h1-6H,(H2,12,16)(H,13,14)(H,15,17). The Hall–Kier alpha value is -2.63. The molecule has 0 aliphatic carbocycles. The largest absolute Gasteiger partial charge is 0.366 e. The van der Waals surface area contributed by atoms with E-state index in [1.54, 1.807) is 24.3 Å². The minimum absolute atomic E-state index is 0.297. The molecule has 0 saturated heterocycles. The smallest absolute Gasteiger partial charge is 0.273 e. The van der Waals surface area contributed by atoms with Crippen molar-refractivity contribution in [3.8, 4) is 0 Å². The van der Waals surface area contributed by atoms with Crippen molar-refractivity contribution in [1.82, 2.24) is 9.97 Å². The summed E-state index contributed by atoms with van der Waals surface area (Å²) in [6.07, 6.45) is 2.85. The molecule has 0 spiro atoms. The van der Waals surface area contributed by atoms with Crippen molar-refractivity contribution >= 4 is 17.5 Å². The van der Waals surface area contributed by atoms with E-state index in [1.165, 1.54) is 12.5 Å². The molecule has 0 radical (unpaired) electrons. The van der Waals surface area contributed by atoms with Gasteiger partial charge in [0.1, 0.15) is 5.69 Å². The fraction of sp³-hybridized carbons (Fsp3) is 0. The Bertz CT molecular complexity index is 531. The number of carbonyl (C=O) groups is 2. The molecule has 0 atom stereocenters. The normalized spacial score (nSPS) is 9.88. The predicted octanol–water partition coefficient (Wildman–Crippen LogP) is 0.761. The molecule has 0 bridgehead atoms. The van der Waals surface area contributed by atoms with Crippen LogP contribution in [-0.2, 0) is 0 Å². The van der Waals surface area contributed by atoms with Crippen LogP contribution in [0.25, 0.3) is 0 Å². The summed E-state index contributed by atoms with van der Waals surface area (Å²) >= 11 is 0. The van der Waals surface area contributed by atoms with E-state index in [9.17, 15) is 9.59 Å². The lowest BCUT2D eigenvalue weighted by Gasteiger charge is -2.03. The minimum atomic E-state index is -0.503. The number of nitrogens with zero attached hydrogens (tertiary/aromatic N) is 1. The summed E-state index contributed by atoms with van der Waals surface area (Å²) in [7, 11) is 0. The Morgan fingerprint density at radius 3 is 2.47 bits per heavy atom. The molecule has 0 aliphatic heterocycles. The lowest BCUT2D eigenvalue weighted by Crippen LogP contribution is -2.13. The van der Waals surface area contributed by atoms with Crippen molar-refractivity contribution in [2.75, 3.05) is 5.32 Å². The van der Waals surface area contributed by atoms with Crippen molar-refractivity contribution < 1.29 is 9.59 Å². The molecular weight excluding hydrogens is 220 g/mol. The van der Waals surface area contributed by atoms with Gasteiger partial charge in [-0.2, -0.15) is 0 Å². The zero-order valence-corrected chi connectivity index (χ0v) is 8.81. The molecule has 2 rings (SSSR count). The van der Waals surface area contributed by atoms with Gasteiger partial charge in [-0.1, -0.05) is 0 Å². The first kappa shape index (κ1) is 10.9. The average Bonchev–Trinajstić information content (AvgIpc) is 2.83. The Labute approximate surface area is 96.9 Å². The van der Waals surface area contributed by atoms with Crippen molar-refractivity contribution in [3.05, 3.63) is 48.0 Å². The second-order valence-corrected chi connectivity index (χ2v) is 3.36. The number of H-pyrrole nitrogens is 1. The molecule has 6 nitrogen and oxygen atoms in total. The third-order valence-electron chi connectivity index (χ3n) is 2.17. The summed E-state index contributed by atoms with van der Waals surface area (Å²) in [5.74, 6) is -0.800. The van der Waals surface area contributed by atoms with E-state index in [1.807, 2.05) is 0 Å². The third-order valence-corrected chi connectivity index (χ3v) is 2.17. The summed E-state index contributed by atoms with van der Waals surface area (Å²) < 4.78 is 0. The molecule has 0 fully saturated rings. The van der Waals surface area contributed by atoms with Gasteiger partial charge in [0.25, 0.3) is 5.91 Å². The second-order valence-electron chi connectivity index (χ2n) is 3.36. The molecule has 0 aliphatic rings. The monoisotopic (exact) mass is 230 g/mol.